The number of ether oxygens (including phenoxy) is 1. The van der Waals surface area contributed by atoms with Gasteiger partial charge >= 0.3 is 0 Å². The molecule has 0 amide bonds. The molecule has 5 heteroatoms. The van der Waals surface area contributed by atoms with Gasteiger partial charge in [0.25, 0.3) is 0 Å². The molecule has 1 heterocycles. The van der Waals surface area contributed by atoms with Gasteiger partial charge in [-0.3, -0.25) is 4.90 Å². The van der Waals surface area contributed by atoms with Crippen molar-refractivity contribution in [1.29, 1.82) is 0 Å². The SMILES string of the molecule is Fc1ccc(Br)c(CNCCN2CCOCC2)c1. The molecule has 1 aromatic rings. The minimum atomic E-state index is -0.192. The number of hydrogen-bond acceptors (Lipinski definition) is 3. The van der Waals surface area contributed by atoms with E-state index in [1.165, 1.54) is 6.07 Å². The average molecular weight is 317 g/mol. The Kier molecular flexibility index (Phi) is 5.56. The molecule has 18 heavy (non-hydrogen) atoms. The van der Waals surface area contributed by atoms with E-state index in [2.05, 4.69) is 26.1 Å². The van der Waals surface area contributed by atoms with E-state index in [1.54, 1.807) is 12.1 Å². The van der Waals surface area contributed by atoms with E-state index in [1.807, 2.05) is 0 Å². The van der Waals surface area contributed by atoms with Gasteiger partial charge in [0.2, 0.25) is 0 Å². The molecule has 0 radical (unpaired) electrons. The van der Waals surface area contributed by atoms with Crippen LogP contribution in [0, 0.1) is 5.82 Å². The smallest absolute Gasteiger partial charge is 0.123 e. The van der Waals surface area contributed by atoms with E-state index in [-0.39, 0.29) is 5.82 Å². The van der Waals surface area contributed by atoms with Crippen LogP contribution in [0.1, 0.15) is 5.56 Å². The lowest BCUT2D eigenvalue weighted by atomic mass is 10.2. The lowest BCUT2D eigenvalue weighted by Crippen LogP contribution is -2.40. The maximum absolute atomic E-state index is 13.1. The Morgan fingerprint density at radius 3 is 2.89 bits per heavy atom. The molecule has 1 aliphatic rings. The first-order valence-corrected chi connectivity index (χ1v) is 7.00. The second-order valence-corrected chi connectivity index (χ2v) is 5.22. The third kappa shape index (κ3) is 4.31. The Bertz CT molecular complexity index is 383. The number of benzene rings is 1. The fourth-order valence-corrected chi connectivity index (χ4v) is 2.35. The summed E-state index contributed by atoms with van der Waals surface area (Å²) in [5.74, 6) is -0.192. The minimum Gasteiger partial charge on any atom is -0.379 e. The summed E-state index contributed by atoms with van der Waals surface area (Å²) in [4.78, 5) is 2.37. The number of halogens is 2. The summed E-state index contributed by atoms with van der Waals surface area (Å²) in [5.41, 5.74) is 0.956. The van der Waals surface area contributed by atoms with Crippen LogP contribution >= 0.6 is 15.9 Å². The maximum atomic E-state index is 13.1. The third-order valence-corrected chi connectivity index (χ3v) is 3.81. The van der Waals surface area contributed by atoms with Crippen LogP contribution in [0.4, 0.5) is 4.39 Å². The van der Waals surface area contributed by atoms with E-state index in [0.717, 1.165) is 49.4 Å². The van der Waals surface area contributed by atoms with Crippen LogP contribution < -0.4 is 5.32 Å². The molecule has 0 aromatic heterocycles. The monoisotopic (exact) mass is 316 g/mol. The Balaban J connectivity index is 1.69. The van der Waals surface area contributed by atoms with Crippen molar-refractivity contribution in [3.8, 4) is 0 Å². The van der Waals surface area contributed by atoms with Gasteiger partial charge in [0.1, 0.15) is 5.82 Å². The standard InChI is InChI=1S/C13H18BrFN2O/c14-13-2-1-12(15)9-11(13)10-16-3-4-17-5-7-18-8-6-17/h1-2,9,16H,3-8,10H2. The number of nitrogens with zero attached hydrogens (tertiary/aromatic N) is 1. The first kappa shape index (κ1) is 13.9. The Labute approximate surface area is 115 Å². The van der Waals surface area contributed by atoms with Crippen LogP contribution in [-0.4, -0.2) is 44.3 Å². The highest BCUT2D eigenvalue weighted by Gasteiger charge is 2.09. The van der Waals surface area contributed by atoms with Gasteiger partial charge in [-0.25, -0.2) is 4.39 Å². The molecule has 0 bridgehead atoms. The quantitative estimate of drug-likeness (QED) is 0.841. The fourth-order valence-electron chi connectivity index (χ4n) is 1.96. The molecule has 1 aromatic carbocycles. The summed E-state index contributed by atoms with van der Waals surface area (Å²) < 4.78 is 19.3. The van der Waals surface area contributed by atoms with Crippen LogP contribution in [0.15, 0.2) is 22.7 Å². The Hall–Kier alpha value is -0.490. The summed E-state index contributed by atoms with van der Waals surface area (Å²) >= 11 is 3.43. The molecule has 1 fully saturated rings. The summed E-state index contributed by atoms with van der Waals surface area (Å²) in [5, 5.41) is 3.34. The van der Waals surface area contributed by atoms with Crippen molar-refractivity contribution in [1.82, 2.24) is 10.2 Å². The highest BCUT2D eigenvalue weighted by Crippen LogP contribution is 2.17. The van der Waals surface area contributed by atoms with Crippen LogP contribution in [-0.2, 0) is 11.3 Å². The molecule has 0 spiro atoms. The summed E-state index contributed by atoms with van der Waals surface area (Å²) in [6, 6.07) is 4.77. The van der Waals surface area contributed by atoms with Crippen molar-refractivity contribution < 1.29 is 9.13 Å². The van der Waals surface area contributed by atoms with Gasteiger partial charge in [0.05, 0.1) is 13.2 Å². The van der Waals surface area contributed by atoms with Crippen molar-refractivity contribution in [2.24, 2.45) is 0 Å². The minimum absolute atomic E-state index is 0.192. The van der Waals surface area contributed by atoms with Crippen LogP contribution in [0.3, 0.4) is 0 Å². The Morgan fingerprint density at radius 2 is 2.11 bits per heavy atom. The molecule has 2 rings (SSSR count). The van der Waals surface area contributed by atoms with Crippen LogP contribution in [0.5, 0.6) is 0 Å². The first-order chi connectivity index (χ1) is 8.75. The van der Waals surface area contributed by atoms with Gasteiger partial charge in [0.15, 0.2) is 0 Å². The van der Waals surface area contributed by atoms with Gasteiger partial charge in [-0.2, -0.15) is 0 Å². The van der Waals surface area contributed by atoms with Crippen molar-refractivity contribution in [2.75, 3.05) is 39.4 Å². The summed E-state index contributed by atoms with van der Waals surface area (Å²) in [7, 11) is 0. The largest absolute Gasteiger partial charge is 0.379 e. The summed E-state index contributed by atoms with van der Waals surface area (Å²) in [6.07, 6.45) is 0. The van der Waals surface area contributed by atoms with Gasteiger partial charge < -0.3 is 10.1 Å². The zero-order valence-corrected chi connectivity index (χ0v) is 11.9. The van der Waals surface area contributed by atoms with Crippen molar-refractivity contribution in [2.45, 2.75) is 6.54 Å². The van der Waals surface area contributed by atoms with Crippen molar-refractivity contribution in [3.05, 3.63) is 34.1 Å². The van der Waals surface area contributed by atoms with Gasteiger partial charge in [-0.15, -0.1) is 0 Å². The first-order valence-electron chi connectivity index (χ1n) is 6.20. The van der Waals surface area contributed by atoms with E-state index < -0.39 is 0 Å². The predicted octanol–water partition coefficient (Wildman–Crippen LogP) is 2.01. The third-order valence-electron chi connectivity index (χ3n) is 3.03. The predicted molar refractivity (Wildman–Crippen MR) is 73.1 cm³/mol. The molecule has 0 atom stereocenters. The highest BCUT2D eigenvalue weighted by atomic mass is 79.9. The Morgan fingerprint density at radius 1 is 1.33 bits per heavy atom. The highest BCUT2D eigenvalue weighted by molar-refractivity contribution is 9.10. The second kappa shape index (κ2) is 7.19. The molecular formula is C13H18BrFN2O. The number of rotatable bonds is 5. The lowest BCUT2D eigenvalue weighted by Gasteiger charge is -2.26. The molecule has 1 saturated heterocycles. The molecule has 1 N–H and O–H groups in total. The number of nitrogens with one attached hydrogen (secondary N) is 1. The summed E-state index contributed by atoms with van der Waals surface area (Å²) in [6.45, 7) is 6.27. The van der Waals surface area contributed by atoms with E-state index >= 15 is 0 Å². The second-order valence-electron chi connectivity index (χ2n) is 4.37. The molecule has 0 aliphatic carbocycles. The van der Waals surface area contributed by atoms with Crippen LogP contribution in [0.25, 0.3) is 0 Å². The van der Waals surface area contributed by atoms with Gasteiger partial charge in [-0.05, 0) is 23.8 Å². The molecule has 3 nitrogen and oxygen atoms in total. The zero-order valence-electron chi connectivity index (χ0n) is 10.3. The van der Waals surface area contributed by atoms with Gasteiger partial charge in [0, 0.05) is 37.2 Å². The molecule has 1 aliphatic heterocycles. The van der Waals surface area contributed by atoms with E-state index in [0.29, 0.717) is 6.54 Å². The van der Waals surface area contributed by atoms with E-state index in [4.69, 9.17) is 4.74 Å². The maximum Gasteiger partial charge on any atom is 0.123 e. The lowest BCUT2D eigenvalue weighted by molar-refractivity contribution is 0.0384. The van der Waals surface area contributed by atoms with Gasteiger partial charge in [-0.1, -0.05) is 15.9 Å². The molecule has 0 saturated carbocycles. The number of morpholine rings is 1. The average Bonchev–Trinajstić information content (AvgIpc) is 2.40. The molecular weight excluding hydrogens is 299 g/mol. The normalized spacial score (nSPS) is 17.0. The van der Waals surface area contributed by atoms with Crippen molar-refractivity contribution in [3.63, 3.8) is 0 Å². The fraction of sp³-hybridized carbons (Fsp3) is 0.538. The number of hydrogen-bond donors (Lipinski definition) is 1. The molecule has 100 valence electrons. The topological polar surface area (TPSA) is 24.5 Å². The molecule has 0 unspecified atom stereocenters. The van der Waals surface area contributed by atoms with Crippen LogP contribution in [0.2, 0.25) is 0 Å². The van der Waals surface area contributed by atoms with E-state index in [9.17, 15) is 4.39 Å². The zero-order chi connectivity index (χ0) is 12.8. The van der Waals surface area contributed by atoms with Crippen molar-refractivity contribution >= 4 is 15.9 Å².